The van der Waals surface area contributed by atoms with Crippen LogP contribution in [0.15, 0.2) is 48.9 Å². The molecule has 0 radical (unpaired) electrons. The number of aryl methyl sites for hydroxylation is 1. The second-order valence-corrected chi connectivity index (χ2v) is 7.13. The Hall–Kier alpha value is -2.95. The third-order valence-electron chi connectivity index (χ3n) is 4.75. The van der Waals surface area contributed by atoms with Gasteiger partial charge in [-0.25, -0.2) is 0 Å². The Kier molecular flexibility index (Phi) is 4.29. The van der Waals surface area contributed by atoms with Crippen LogP contribution in [0.4, 0.5) is 0 Å². The Morgan fingerprint density at radius 3 is 2.92 bits per heavy atom. The second kappa shape index (κ2) is 6.75. The molecule has 1 amide bonds. The molecule has 5 heteroatoms. The van der Waals surface area contributed by atoms with Crippen molar-refractivity contribution in [3.05, 3.63) is 60.0 Å². The van der Waals surface area contributed by atoms with Crippen molar-refractivity contribution in [3.8, 4) is 22.4 Å². The van der Waals surface area contributed by atoms with E-state index in [1.807, 2.05) is 35.1 Å². The molecule has 0 saturated carbocycles. The minimum Gasteiger partial charge on any atom is -0.348 e. The Balaban J connectivity index is 1.70. The van der Waals surface area contributed by atoms with E-state index < -0.39 is 0 Å². The van der Waals surface area contributed by atoms with Gasteiger partial charge in [-0.3, -0.25) is 14.5 Å². The first kappa shape index (κ1) is 16.5. The third-order valence-corrected chi connectivity index (χ3v) is 4.75. The Morgan fingerprint density at radius 2 is 2.08 bits per heavy atom. The molecule has 1 aromatic carbocycles. The lowest BCUT2D eigenvalue weighted by Gasteiger charge is -2.08. The van der Waals surface area contributed by atoms with Crippen molar-refractivity contribution in [2.75, 3.05) is 0 Å². The maximum absolute atomic E-state index is 12.0. The van der Waals surface area contributed by atoms with E-state index in [0.29, 0.717) is 12.5 Å². The Morgan fingerprint density at radius 1 is 1.19 bits per heavy atom. The van der Waals surface area contributed by atoms with Gasteiger partial charge in [0.1, 0.15) is 0 Å². The molecule has 1 aliphatic rings. The topological polar surface area (TPSA) is 59.8 Å². The van der Waals surface area contributed by atoms with Crippen LogP contribution in [0.5, 0.6) is 0 Å². The molecule has 0 bridgehead atoms. The van der Waals surface area contributed by atoms with Crippen molar-refractivity contribution in [3.63, 3.8) is 0 Å². The fourth-order valence-electron chi connectivity index (χ4n) is 3.24. The van der Waals surface area contributed by atoms with Gasteiger partial charge in [-0.1, -0.05) is 32.0 Å². The molecule has 1 N–H and O–H groups in total. The first-order chi connectivity index (χ1) is 12.6. The lowest BCUT2D eigenvalue weighted by atomic mass is 9.98. The molecule has 0 atom stereocenters. The Labute approximate surface area is 153 Å². The zero-order chi connectivity index (χ0) is 18.1. The van der Waals surface area contributed by atoms with Gasteiger partial charge in [-0.15, -0.1) is 0 Å². The number of nitrogens with zero attached hydrogens (tertiary/aromatic N) is 3. The smallest absolute Gasteiger partial charge is 0.251 e. The molecule has 0 unspecified atom stereocenters. The molecule has 0 aliphatic carbocycles. The van der Waals surface area contributed by atoms with E-state index in [2.05, 4.69) is 41.5 Å². The molecule has 1 aliphatic heterocycles. The SMILES string of the molecule is CC(C)CCn1cc(-c2cccnc2-c2ccc3c(c2)C(=O)NC3)cn1. The predicted molar refractivity (Wildman–Crippen MR) is 102 cm³/mol. The first-order valence-corrected chi connectivity index (χ1v) is 9.01. The van der Waals surface area contributed by atoms with Crippen LogP contribution in [-0.4, -0.2) is 20.7 Å². The van der Waals surface area contributed by atoms with Crippen LogP contribution < -0.4 is 5.32 Å². The van der Waals surface area contributed by atoms with Crippen LogP contribution in [0.25, 0.3) is 22.4 Å². The predicted octanol–water partition coefficient (Wildman–Crippen LogP) is 3.90. The highest BCUT2D eigenvalue weighted by Crippen LogP contribution is 2.32. The summed E-state index contributed by atoms with van der Waals surface area (Å²) in [7, 11) is 0. The fourth-order valence-corrected chi connectivity index (χ4v) is 3.24. The van der Waals surface area contributed by atoms with Crippen molar-refractivity contribution in [1.82, 2.24) is 20.1 Å². The minimum atomic E-state index is -0.0131. The monoisotopic (exact) mass is 346 g/mol. The van der Waals surface area contributed by atoms with Gasteiger partial charge in [-0.2, -0.15) is 5.10 Å². The molecule has 4 rings (SSSR count). The molecule has 3 aromatic rings. The standard InChI is InChI=1S/C21H22N4O/c1-14(2)7-9-25-13-17(12-24-25)18-4-3-8-22-20(18)15-5-6-16-11-23-21(26)19(16)10-15/h3-6,8,10,12-14H,7,9,11H2,1-2H3,(H,23,26). The number of fused-ring (bicyclic) bond motifs is 1. The molecule has 5 nitrogen and oxygen atoms in total. The van der Waals surface area contributed by atoms with Crippen LogP contribution in [0.1, 0.15) is 36.2 Å². The van der Waals surface area contributed by atoms with Crippen molar-refractivity contribution in [2.24, 2.45) is 5.92 Å². The third kappa shape index (κ3) is 3.12. The number of hydrogen-bond donors (Lipinski definition) is 1. The average Bonchev–Trinajstić information content (AvgIpc) is 3.27. The van der Waals surface area contributed by atoms with Gasteiger partial charge >= 0.3 is 0 Å². The quantitative estimate of drug-likeness (QED) is 0.762. The van der Waals surface area contributed by atoms with E-state index in [9.17, 15) is 4.79 Å². The molecular weight excluding hydrogens is 324 g/mol. The number of carbonyl (C=O) groups excluding carboxylic acids is 1. The summed E-state index contributed by atoms with van der Waals surface area (Å²) in [5.74, 6) is 0.634. The molecular formula is C21H22N4O. The van der Waals surface area contributed by atoms with E-state index in [1.54, 1.807) is 6.20 Å². The van der Waals surface area contributed by atoms with Crippen molar-refractivity contribution < 1.29 is 4.79 Å². The second-order valence-electron chi connectivity index (χ2n) is 7.13. The molecule has 0 fully saturated rings. The summed E-state index contributed by atoms with van der Waals surface area (Å²) in [6, 6.07) is 9.97. The van der Waals surface area contributed by atoms with Gasteiger partial charge in [0.15, 0.2) is 0 Å². The van der Waals surface area contributed by atoms with E-state index in [1.165, 1.54) is 0 Å². The molecule has 3 heterocycles. The summed E-state index contributed by atoms with van der Waals surface area (Å²) in [6.07, 6.45) is 6.85. The van der Waals surface area contributed by atoms with Crippen LogP contribution in [0.2, 0.25) is 0 Å². The van der Waals surface area contributed by atoms with Gasteiger partial charge in [0.05, 0.1) is 11.9 Å². The Bertz CT molecular complexity index is 958. The summed E-state index contributed by atoms with van der Waals surface area (Å²) in [5, 5.41) is 7.36. The minimum absolute atomic E-state index is 0.0131. The highest BCUT2D eigenvalue weighted by Gasteiger charge is 2.20. The highest BCUT2D eigenvalue weighted by molar-refractivity contribution is 5.99. The fraction of sp³-hybridized carbons (Fsp3) is 0.286. The largest absolute Gasteiger partial charge is 0.348 e. The number of hydrogen-bond acceptors (Lipinski definition) is 3. The lowest BCUT2D eigenvalue weighted by molar-refractivity contribution is 0.0966. The van der Waals surface area contributed by atoms with E-state index in [0.717, 1.165) is 46.5 Å². The summed E-state index contributed by atoms with van der Waals surface area (Å²) in [5.41, 5.74) is 5.68. The summed E-state index contributed by atoms with van der Waals surface area (Å²) in [6.45, 7) is 5.94. The summed E-state index contributed by atoms with van der Waals surface area (Å²) < 4.78 is 1.99. The maximum Gasteiger partial charge on any atom is 0.251 e. The molecule has 0 saturated heterocycles. The number of carbonyl (C=O) groups is 1. The van der Waals surface area contributed by atoms with Crippen LogP contribution >= 0.6 is 0 Å². The van der Waals surface area contributed by atoms with Gasteiger partial charge in [0.2, 0.25) is 0 Å². The molecule has 26 heavy (non-hydrogen) atoms. The van der Waals surface area contributed by atoms with Crippen molar-refractivity contribution in [2.45, 2.75) is 33.4 Å². The first-order valence-electron chi connectivity index (χ1n) is 9.01. The van der Waals surface area contributed by atoms with Crippen molar-refractivity contribution in [1.29, 1.82) is 0 Å². The molecule has 132 valence electrons. The number of nitrogens with one attached hydrogen (secondary N) is 1. The van der Waals surface area contributed by atoms with E-state index >= 15 is 0 Å². The normalized spacial score (nSPS) is 13.1. The maximum atomic E-state index is 12.0. The van der Waals surface area contributed by atoms with Gasteiger partial charge in [0.25, 0.3) is 5.91 Å². The highest BCUT2D eigenvalue weighted by atomic mass is 16.1. The number of rotatable bonds is 5. The van der Waals surface area contributed by atoms with Crippen LogP contribution in [0.3, 0.4) is 0 Å². The van der Waals surface area contributed by atoms with Gasteiger partial charge in [0, 0.05) is 47.7 Å². The number of amides is 1. The van der Waals surface area contributed by atoms with Crippen molar-refractivity contribution >= 4 is 5.91 Å². The number of pyridine rings is 1. The van der Waals surface area contributed by atoms with E-state index in [-0.39, 0.29) is 5.91 Å². The van der Waals surface area contributed by atoms with Gasteiger partial charge in [-0.05, 0) is 30.0 Å². The number of aromatic nitrogens is 3. The molecule has 2 aromatic heterocycles. The zero-order valence-electron chi connectivity index (χ0n) is 15.1. The van der Waals surface area contributed by atoms with Crippen LogP contribution in [-0.2, 0) is 13.1 Å². The van der Waals surface area contributed by atoms with E-state index in [4.69, 9.17) is 0 Å². The molecule has 0 spiro atoms. The van der Waals surface area contributed by atoms with Gasteiger partial charge < -0.3 is 5.32 Å². The zero-order valence-corrected chi connectivity index (χ0v) is 15.1. The summed E-state index contributed by atoms with van der Waals surface area (Å²) in [4.78, 5) is 16.6. The van der Waals surface area contributed by atoms with Crippen LogP contribution in [0, 0.1) is 5.92 Å². The summed E-state index contributed by atoms with van der Waals surface area (Å²) >= 11 is 0. The average molecular weight is 346 g/mol. The lowest BCUT2D eigenvalue weighted by Crippen LogP contribution is -2.12. The number of benzene rings is 1.